The van der Waals surface area contributed by atoms with Crippen LogP contribution >= 0.6 is 0 Å². The Morgan fingerprint density at radius 1 is 1.31 bits per heavy atom. The molecule has 1 amide bonds. The van der Waals surface area contributed by atoms with E-state index in [1.54, 1.807) is 21.8 Å². The van der Waals surface area contributed by atoms with Gasteiger partial charge in [-0.1, -0.05) is 5.21 Å². The van der Waals surface area contributed by atoms with Gasteiger partial charge in [0.05, 0.1) is 24.9 Å². The summed E-state index contributed by atoms with van der Waals surface area (Å²) < 4.78 is 9.02. The van der Waals surface area contributed by atoms with E-state index in [-0.39, 0.29) is 24.7 Å². The van der Waals surface area contributed by atoms with Crippen molar-refractivity contribution < 1.29 is 9.53 Å². The Labute approximate surface area is 151 Å². The topological polar surface area (TPSA) is 116 Å². The molecule has 0 radical (unpaired) electrons. The van der Waals surface area contributed by atoms with E-state index in [4.69, 9.17) is 4.74 Å². The van der Waals surface area contributed by atoms with Gasteiger partial charge in [0.25, 0.3) is 0 Å². The third kappa shape index (κ3) is 5.30. The molecule has 1 aliphatic heterocycles. The molecule has 2 aromatic heterocycles. The number of rotatable bonds is 8. The maximum Gasteiger partial charge on any atom is 0.241 e. The van der Waals surface area contributed by atoms with Crippen LogP contribution in [0.25, 0.3) is 0 Å². The van der Waals surface area contributed by atoms with E-state index >= 15 is 0 Å². The number of ether oxygens (including phenoxy) is 1. The normalized spacial score (nSPS) is 21.0. The van der Waals surface area contributed by atoms with Crippen molar-refractivity contribution in [3.8, 4) is 0 Å². The summed E-state index contributed by atoms with van der Waals surface area (Å²) in [5.74, 6) is 0.574. The van der Waals surface area contributed by atoms with E-state index in [2.05, 4.69) is 49.9 Å². The van der Waals surface area contributed by atoms with E-state index in [0.717, 1.165) is 19.5 Å². The van der Waals surface area contributed by atoms with Crippen LogP contribution in [0.5, 0.6) is 0 Å². The average molecular weight is 363 g/mol. The van der Waals surface area contributed by atoms with Gasteiger partial charge in [-0.2, -0.15) is 0 Å². The Kier molecular flexibility index (Phi) is 6.23. The van der Waals surface area contributed by atoms with Gasteiger partial charge < -0.3 is 10.1 Å². The van der Waals surface area contributed by atoms with Gasteiger partial charge in [-0.25, -0.2) is 4.68 Å². The number of nitrogens with one attached hydrogen (secondary N) is 1. The van der Waals surface area contributed by atoms with Crippen molar-refractivity contribution in [1.29, 1.82) is 0 Å². The van der Waals surface area contributed by atoms with Crippen molar-refractivity contribution in [1.82, 2.24) is 45.4 Å². The second-order valence-corrected chi connectivity index (χ2v) is 6.57. The maximum absolute atomic E-state index is 12.1. The first-order valence-corrected chi connectivity index (χ1v) is 8.84. The average Bonchev–Trinajstić information content (AvgIpc) is 3.23. The van der Waals surface area contributed by atoms with E-state index in [1.807, 2.05) is 0 Å². The molecule has 1 fully saturated rings. The minimum absolute atomic E-state index is 0.110. The first kappa shape index (κ1) is 18.4. The first-order chi connectivity index (χ1) is 12.6. The number of morpholine rings is 1. The molecular weight excluding hydrogens is 338 g/mol. The highest BCUT2D eigenvalue weighted by Gasteiger charge is 2.24. The zero-order chi connectivity index (χ0) is 18.4. The van der Waals surface area contributed by atoms with Gasteiger partial charge in [-0.05, 0) is 30.7 Å². The van der Waals surface area contributed by atoms with Crippen LogP contribution in [0, 0.1) is 0 Å². The largest absolute Gasteiger partial charge is 0.373 e. The summed E-state index contributed by atoms with van der Waals surface area (Å²) in [7, 11) is 0. The number of carbonyl (C=O) groups is 1. The SMILES string of the molecule is C[C@@H]1CN(Cc2nnnn2CC(=O)NCCCn2ccnn2)C[C@H](C)O1. The van der Waals surface area contributed by atoms with Gasteiger partial charge in [0, 0.05) is 32.4 Å². The summed E-state index contributed by atoms with van der Waals surface area (Å²) in [6.45, 7) is 7.75. The number of nitrogens with zero attached hydrogens (tertiary/aromatic N) is 8. The monoisotopic (exact) mass is 363 g/mol. The maximum atomic E-state index is 12.1. The van der Waals surface area contributed by atoms with Crippen LogP contribution in [0.15, 0.2) is 12.4 Å². The molecule has 0 aliphatic carbocycles. The first-order valence-electron chi connectivity index (χ1n) is 8.84. The van der Waals surface area contributed by atoms with Gasteiger partial charge in [0.1, 0.15) is 6.54 Å². The quantitative estimate of drug-likeness (QED) is 0.599. The zero-order valence-corrected chi connectivity index (χ0v) is 15.2. The Morgan fingerprint density at radius 3 is 2.85 bits per heavy atom. The lowest BCUT2D eigenvalue weighted by atomic mass is 10.2. The molecule has 0 unspecified atom stereocenters. The minimum atomic E-state index is -0.110. The standard InChI is InChI=1S/C15H25N9O2/c1-12-8-22(9-13(2)26-12)10-14-18-19-21-24(14)11-15(25)16-4-3-6-23-7-5-17-20-23/h5,7,12-13H,3-4,6,8-11H2,1-2H3,(H,16,25)/t12-,13+. The molecule has 142 valence electrons. The van der Waals surface area contributed by atoms with Crippen LogP contribution < -0.4 is 5.32 Å². The highest BCUT2D eigenvalue weighted by Crippen LogP contribution is 2.12. The second-order valence-electron chi connectivity index (χ2n) is 6.57. The molecule has 2 aromatic rings. The molecule has 1 aliphatic rings. The van der Waals surface area contributed by atoms with Gasteiger partial charge in [-0.3, -0.25) is 14.4 Å². The van der Waals surface area contributed by atoms with Crippen LogP contribution in [0.3, 0.4) is 0 Å². The van der Waals surface area contributed by atoms with Crippen molar-refractivity contribution in [3.63, 3.8) is 0 Å². The van der Waals surface area contributed by atoms with Crippen LogP contribution in [-0.4, -0.2) is 77.9 Å². The highest BCUT2D eigenvalue weighted by atomic mass is 16.5. The summed E-state index contributed by atoms with van der Waals surface area (Å²) in [5.41, 5.74) is 0. The summed E-state index contributed by atoms with van der Waals surface area (Å²) in [4.78, 5) is 14.4. The smallest absolute Gasteiger partial charge is 0.241 e. The molecule has 3 rings (SSSR count). The summed E-state index contributed by atoms with van der Waals surface area (Å²) >= 11 is 0. The van der Waals surface area contributed by atoms with Crippen molar-refractivity contribution >= 4 is 5.91 Å². The number of carbonyl (C=O) groups excluding carboxylic acids is 1. The zero-order valence-electron chi connectivity index (χ0n) is 15.2. The van der Waals surface area contributed by atoms with Crippen LogP contribution in [0.4, 0.5) is 0 Å². The Bertz CT molecular complexity index is 677. The number of tetrazole rings is 1. The van der Waals surface area contributed by atoms with Gasteiger partial charge in [-0.15, -0.1) is 10.2 Å². The molecule has 26 heavy (non-hydrogen) atoms. The third-order valence-electron chi connectivity index (χ3n) is 4.12. The molecule has 1 N–H and O–H groups in total. The number of aryl methyl sites for hydroxylation is 1. The Hall–Kier alpha value is -2.40. The second kappa shape index (κ2) is 8.81. The lowest BCUT2D eigenvalue weighted by molar-refractivity contribution is -0.122. The predicted molar refractivity (Wildman–Crippen MR) is 90.8 cm³/mol. The molecule has 0 bridgehead atoms. The summed E-state index contributed by atoms with van der Waals surface area (Å²) in [6.07, 6.45) is 4.56. The molecule has 0 aromatic carbocycles. The van der Waals surface area contributed by atoms with Crippen LogP contribution in [0.2, 0.25) is 0 Å². The Balaban J connectivity index is 1.43. The van der Waals surface area contributed by atoms with Crippen molar-refractivity contribution in [2.75, 3.05) is 19.6 Å². The fourth-order valence-corrected chi connectivity index (χ4v) is 3.09. The van der Waals surface area contributed by atoms with Gasteiger partial charge in [0.2, 0.25) is 5.91 Å². The predicted octanol–water partition coefficient (Wildman–Crippen LogP) is -0.920. The number of amides is 1. The van der Waals surface area contributed by atoms with Crippen LogP contribution in [-0.2, 0) is 29.2 Å². The highest BCUT2D eigenvalue weighted by molar-refractivity contribution is 5.75. The lowest BCUT2D eigenvalue weighted by Crippen LogP contribution is -2.45. The fourth-order valence-electron chi connectivity index (χ4n) is 3.09. The molecular formula is C15H25N9O2. The van der Waals surface area contributed by atoms with E-state index in [9.17, 15) is 4.79 Å². The molecule has 11 heteroatoms. The minimum Gasteiger partial charge on any atom is -0.373 e. The molecule has 11 nitrogen and oxygen atoms in total. The molecule has 3 heterocycles. The van der Waals surface area contributed by atoms with E-state index < -0.39 is 0 Å². The Morgan fingerprint density at radius 2 is 2.12 bits per heavy atom. The van der Waals surface area contributed by atoms with Crippen molar-refractivity contribution in [3.05, 3.63) is 18.2 Å². The number of aromatic nitrogens is 7. The fraction of sp³-hybridized carbons (Fsp3) is 0.733. The molecule has 1 saturated heterocycles. The summed E-state index contributed by atoms with van der Waals surface area (Å²) in [5, 5.41) is 22.2. The van der Waals surface area contributed by atoms with Crippen LogP contribution in [0.1, 0.15) is 26.1 Å². The van der Waals surface area contributed by atoms with Gasteiger partial charge >= 0.3 is 0 Å². The van der Waals surface area contributed by atoms with E-state index in [1.165, 1.54) is 0 Å². The van der Waals surface area contributed by atoms with Gasteiger partial charge in [0.15, 0.2) is 5.82 Å². The summed E-state index contributed by atoms with van der Waals surface area (Å²) in [6, 6.07) is 0. The van der Waals surface area contributed by atoms with Crippen molar-refractivity contribution in [2.24, 2.45) is 0 Å². The number of hydrogen-bond acceptors (Lipinski definition) is 8. The lowest BCUT2D eigenvalue weighted by Gasteiger charge is -2.34. The number of hydrogen-bond donors (Lipinski definition) is 1. The van der Waals surface area contributed by atoms with Crippen molar-refractivity contribution in [2.45, 2.75) is 52.1 Å². The molecule has 0 saturated carbocycles. The van der Waals surface area contributed by atoms with E-state index in [0.29, 0.717) is 25.5 Å². The molecule has 0 spiro atoms. The third-order valence-corrected chi connectivity index (χ3v) is 4.12. The molecule has 2 atom stereocenters.